The Morgan fingerprint density at radius 1 is 1.12 bits per heavy atom. The summed E-state index contributed by atoms with van der Waals surface area (Å²) in [5, 5.41) is 8.83. The van der Waals surface area contributed by atoms with Crippen LogP contribution < -0.4 is 20.9 Å². The molecule has 0 fully saturated rings. The molecule has 0 aliphatic rings. The molecule has 0 spiro atoms. The van der Waals surface area contributed by atoms with Gasteiger partial charge >= 0.3 is 5.97 Å². The van der Waals surface area contributed by atoms with Gasteiger partial charge in [0.05, 0.1) is 24.5 Å². The van der Waals surface area contributed by atoms with E-state index in [4.69, 9.17) is 26.0 Å². The molecule has 0 aliphatic heterocycles. The Labute approximate surface area is 139 Å². The van der Waals surface area contributed by atoms with E-state index in [0.29, 0.717) is 43.2 Å². The Kier molecular flexibility index (Phi) is 5.78. The number of carboxylic acid groups (broad SMARTS) is 1. The number of benzene rings is 1. The summed E-state index contributed by atoms with van der Waals surface area (Å²) in [7, 11) is 0. The van der Waals surface area contributed by atoms with Crippen molar-refractivity contribution in [2.75, 3.05) is 24.7 Å². The summed E-state index contributed by atoms with van der Waals surface area (Å²) in [5.41, 5.74) is 12.3. The molecule has 8 heteroatoms. The maximum atomic E-state index is 10.8. The lowest BCUT2D eigenvalue weighted by molar-refractivity contribution is 0.0697. The molecule has 0 unspecified atom stereocenters. The lowest BCUT2D eigenvalue weighted by atomic mass is 10.2. The maximum Gasteiger partial charge on any atom is 0.335 e. The summed E-state index contributed by atoms with van der Waals surface area (Å²) in [4.78, 5) is 18.8. The van der Waals surface area contributed by atoms with Crippen LogP contribution in [0.5, 0.6) is 11.5 Å². The van der Waals surface area contributed by atoms with Gasteiger partial charge in [-0.1, -0.05) is 6.92 Å². The van der Waals surface area contributed by atoms with E-state index in [1.165, 1.54) is 12.1 Å². The number of carbonyl (C=O) groups is 1. The molecule has 1 aromatic heterocycles. The van der Waals surface area contributed by atoms with Crippen molar-refractivity contribution in [1.82, 2.24) is 9.97 Å². The lowest BCUT2D eigenvalue weighted by Crippen LogP contribution is -2.11. The van der Waals surface area contributed by atoms with Crippen LogP contribution >= 0.6 is 0 Å². The Balaban J connectivity index is 1.80. The number of nitrogens with two attached hydrogens (primary N) is 2. The van der Waals surface area contributed by atoms with Gasteiger partial charge in [-0.2, -0.15) is 4.98 Å². The van der Waals surface area contributed by atoms with E-state index in [9.17, 15) is 4.79 Å². The van der Waals surface area contributed by atoms with Crippen molar-refractivity contribution < 1.29 is 19.4 Å². The van der Waals surface area contributed by atoms with Crippen LogP contribution in [0.1, 0.15) is 29.4 Å². The molecule has 0 radical (unpaired) electrons. The van der Waals surface area contributed by atoms with Gasteiger partial charge in [0, 0.05) is 6.42 Å². The SMILES string of the molecule is CCc1nc(N)nc(N)c1OCCCOc1ccc(C(=O)O)cc1. The number of rotatable bonds is 8. The number of aromatic nitrogens is 2. The van der Waals surface area contributed by atoms with Crippen molar-refractivity contribution in [2.24, 2.45) is 0 Å². The Morgan fingerprint density at radius 2 is 1.79 bits per heavy atom. The molecule has 0 saturated heterocycles. The molecule has 1 aromatic carbocycles. The maximum absolute atomic E-state index is 10.8. The molecular weight excluding hydrogens is 312 g/mol. The van der Waals surface area contributed by atoms with Gasteiger partial charge in [0.25, 0.3) is 0 Å². The summed E-state index contributed by atoms with van der Waals surface area (Å²) < 4.78 is 11.2. The van der Waals surface area contributed by atoms with E-state index in [-0.39, 0.29) is 17.3 Å². The quantitative estimate of drug-likeness (QED) is 0.622. The van der Waals surface area contributed by atoms with Crippen molar-refractivity contribution >= 4 is 17.7 Å². The summed E-state index contributed by atoms with van der Waals surface area (Å²) in [6.07, 6.45) is 1.26. The summed E-state index contributed by atoms with van der Waals surface area (Å²) in [5.74, 6) is 0.446. The first-order valence-electron chi connectivity index (χ1n) is 7.52. The lowest BCUT2D eigenvalue weighted by Gasteiger charge is -2.12. The molecule has 0 amide bonds. The second-order valence-corrected chi connectivity index (χ2v) is 4.98. The van der Waals surface area contributed by atoms with E-state index >= 15 is 0 Å². The number of carboxylic acids is 1. The zero-order chi connectivity index (χ0) is 17.5. The molecule has 128 valence electrons. The third-order valence-electron chi connectivity index (χ3n) is 3.22. The first kappa shape index (κ1) is 17.3. The van der Waals surface area contributed by atoms with Gasteiger partial charge in [-0.15, -0.1) is 0 Å². The zero-order valence-corrected chi connectivity index (χ0v) is 13.4. The van der Waals surface area contributed by atoms with Gasteiger partial charge in [0.15, 0.2) is 11.6 Å². The molecular formula is C16H20N4O4. The normalized spacial score (nSPS) is 10.4. The van der Waals surface area contributed by atoms with Crippen LogP contribution in [0.15, 0.2) is 24.3 Å². The molecule has 8 nitrogen and oxygen atoms in total. The van der Waals surface area contributed by atoms with Crippen molar-refractivity contribution in [3.05, 3.63) is 35.5 Å². The highest BCUT2D eigenvalue weighted by Crippen LogP contribution is 2.24. The van der Waals surface area contributed by atoms with Crippen molar-refractivity contribution in [1.29, 1.82) is 0 Å². The monoisotopic (exact) mass is 332 g/mol. The number of hydrogen-bond donors (Lipinski definition) is 3. The van der Waals surface area contributed by atoms with Crippen LogP contribution in [0, 0.1) is 0 Å². The third-order valence-corrected chi connectivity index (χ3v) is 3.22. The van der Waals surface area contributed by atoms with E-state index in [2.05, 4.69) is 9.97 Å². The van der Waals surface area contributed by atoms with Crippen LogP contribution in [-0.2, 0) is 6.42 Å². The zero-order valence-electron chi connectivity index (χ0n) is 13.4. The molecule has 0 bridgehead atoms. The summed E-state index contributed by atoms with van der Waals surface area (Å²) in [6, 6.07) is 6.22. The largest absolute Gasteiger partial charge is 0.493 e. The van der Waals surface area contributed by atoms with Gasteiger partial charge < -0.3 is 26.0 Å². The Morgan fingerprint density at radius 3 is 2.42 bits per heavy atom. The van der Waals surface area contributed by atoms with Crippen LogP contribution in [-0.4, -0.2) is 34.3 Å². The van der Waals surface area contributed by atoms with Gasteiger partial charge in [-0.3, -0.25) is 0 Å². The first-order valence-corrected chi connectivity index (χ1v) is 7.52. The highest BCUT2D eigenvalue weighted by molar-refractivity contribution is 5.87. The minimum absolute atomic E-state index is 0.129. The van der Waals surface area contributed by atoms with Crippen LogP contribution in [0.2, 0.25) is 0 Å². The van der Waals surface area contributed by atoms with E-state index in [1.807, 2.05) is 6.92 Å². The second-order valence-electron chi connectivity index (χ2n) is 4.98. The predicted molar refractivity (Wildman–Crippen MR) is 89.2 cm³/mol. The molecule has 0 atom stereocenters. The Bertz CT molecular complexity index is 704. The van der Waals surface area contributed by atoms with Gasteiger partial charge in [0.1, 0.15) is 5.75 Å². The topological polar surface area (TPSA) is 134 Å². The molecule has 2 aromatic rings. The van der Waals surface area contributed by atoms with Crippen molar-refractivity contribution in [3.8, 4) is 11.5 Å². The molecule has 0 aliphatic carbocycles. The van der Waals surface area contributed by atoms with E-state index in [0.717, 1.165) is 0 Å². The molecule has 0 saturated carbocycles. The summed E-state index contributed by atoms with van der Waals surface area (Å²) in [6.45, 7) is 2.74. The van der Waals surface area contributed by atoms with Crippen LogP contribution in [0.4, 0.5) is 11.8 Å². The minimum atomic E-state index is -0.968. The van der Waals surface area contributed by atoms with Gasteiger partial charge in [-0.05, 0) is 30.7 Å². The van der Waals surface area contributed by atoms with E-state index < -0.39 is 5.97 Å². The summed E-state index contributed by atoms with van der Waals surface area (Å²) >= 11 is 0. The molecule has 5 N–H and O–H groups in total. The number of aromatic carboxylic acids is 1. The highest BCUT2D eigenvalue weighted by atomic mass is 16.5. The fourth-order valence-electron chi connectivity index (χ4n) is 2.05. The number of nitrogens with zero attached hydrogens (tertiary/aromatic N) is 2. The minimum Gasteiger partial charge on any atom is -0.493 e. The molecule has 24 heavy (non-hydrogen) atoms. The number of hydrogen-bond acceptors (Lipinski definition) is 7. The molecule has 1 heterocycles. The third kappa shape index (κ3) is 4.48. The Hall–Kier alpha value is -3.03. The van der Waals surface area contributed by atoms with Crippen molar-refractivity contribution in [3.63, 3.8) is 0 Å². The standard InChI is InChI=1S/C16H20N4O4/c1-2-12-13(14(17)20-16(18)19-12)24-9-3-8-23-11-6-4-10(5-7-11)15(21)22/h4-7H,2-3,8-9H2,1H3,(H,21,22)(H4,17,18,19,20). The van der Waals surface area contributed by atoms with Crippen molar-refractivity contribution in [2.45, 2.75) is 19.8 Å². The predicted octanol–water partition coefficient (Wildman–Crippen LogP) is 1.75. The van der Waals surface area contributed by atoms with Crippen LogP contribution in [0.3, 0.4) is 0 Å². The van der Waals surface area contributed by atoms with Gasteiger partial charge in [-0.25, -0.2) is 9.78 Å². The average Bonchev–Trinajstić information content (AvgIpc) is 2.56. The first-order chi connectivity index (χ1) is 11.5. The number of ether oxygens (including phenoxy) is 2. The number of aryl methyl sites for hydroxylation is 1. The average molecular weight is 332 g/mol. The fraction of sp³-hybridized carbons (Fsp3) is 0.312. The second kappa shape index (κ2) is 8.00. The van der Waals surface area contributed by atoms with Gasteiger partial charge in [0.2, 0.25) is 5.95 Å². The highest BCUT2D eigenvalue weighted by Gasteiger charge is 2.11. The smallest absolute Gasteiger partial charge is 0.335 e. The fourth-order valence-corrected chi connectivity index (χ4v) is 2.05. The van der Waals surface area contributed by atoms with Crippen LogP contribution in [0.25, 0.3) is 0 Å². The molecule has 2 rings (SSSR count). The number of anilines is 2. The number of nitrogen functional groups attached to an aromatic ring is 2. The van der Waals surface area contributed by atoms with E-state index in [1.54, 1.807) is 12.1 Å².